The molecular weight excluding hydrogens is 140 g/mol. The van der Waals surface area contributed by atoms with Crippen molar-refractivity contribution in [3.63, 3.8) is 0 Å². The van der Waals surface area contributed by atoms with Crippen LogP contribution in [0, 0.1) is 0 Å². The van der Waals surface area contributed by atoms with Crippen LogP contribution >= 0.6 is 23.5 Å². The van der Waals surface area contributed by atoms with Crippen LogP contribution in [0.25, 0.3) is 0 Å². The van der Waals surface area contributed by atoms with E-state index in [2.05, 4.69) is 6.58 Å². The first-order valence-corrected chi connectivity index (χ1v) is 4.48. The minimum Gasteiger partial charge on any atom is -0.281 e. The van der Waals surface area contributed by atoms with E-state index in [0.29, 0.717) is 4.91 Å². The monoisotopic (exact) mass is 148 g/mol. The minimum absolute atomic E-state index is 0.0671. The highest BCUT2D eigenvalue weighted by atomic mass is 32.2. The Morgan fingerprint density at radius 3 is 2.00 bits per heavy atom. The van der Waals surface area contributed by atoms with Crippen LogP contribution in [0.15, 0.2) is 11.5 Å². The van der Waals surface area contributed by atoms with E-state index in [1.165, 1.54) is 23.5 Å². The third-order valence-electron chi connectivity index (χ3n) is 0.659. The van der Waals surface area contributed by atoms with Gasteiger partial charge in [-0.1, -0.05) is 18.3 Å². The van der Waals surface area contributed by atoms with Gasteiger partial charge < -0.3 is 0 Å². The zero-order valence-corrected chi connectivity index (χ0v) is 6.56. The first kappa shape index (κ1) is 8.11. The number of thioether (sulfide) groups is 2. The quantitative estimate of drug-likeness (QED) is 0.555. The lowest BCUT2D eigenvalue weighted by Crippen LogP contribution is -1.88. The molecule has 0 aliphatic carbocycles. The fraction of sp³-hybridized carbons (Fsp3) is 0.400. The fourth-order valence-corrected chi connectivity index (χ4v) is 1.09. The van der Waals surface area contributed by atoms with Crippen LogP contribution in [-0.4, -0.2) is 17.6 Å². The van der Waals surface area contributed by atoms with Gasteiger partial charge in [0.05, 0.1) is 4.91 Å². The average Bonchev–Trinajstić information content (AvgIpc) is 1.84. The van der Waals surface area contributed by atoms with Gasteiger partial charge in [0.15, 0.2) is 0 Å². The van der Waals surface area contributed by atoms with Crippen molar-refractivity contribution in [2.24, 2.45) is 0 Å². The van der Waals surface area contributed by atoms with Crippen molar-refractivity contribution in [3.05, 3.63) is 11.5 Å². The number of hydrogen-bond donors (Lipinski definition) is 0. The standard InChI is InChI=1S/C5H8OS2/c1-4(7-2)5(6)8-3/h1H2,2-3H3. The Labute approximate surface area is 57.9 Å². The summed E-state index contributed by atoms with van der Waals surface area (Å²) in [5, 5.41) is 0.0671. The molecule has 0 aliphatic rings. The molecule has 0 aromatic carbocycles. The third kappa shape index (κ3) is 2.43. The SMILES string of the molecule is C=C(SC)C(=O)SC. The van der Waals surface area contributed by atoms with E-state index in [-0.39, 0.29) is 5.12 Å². The molecule has 0 aliphatic heterocycles. The topological polar surface area (TPSA) is 17.1 Å². The molecule has 0 aromatic rings. The second-order valence-electron chi connectivity index (χ2n) is 1.12. The van der Waals surface area contributed by atoms with Crippen LogP contribution in [-0.2, 0) is 4.79 Å². The molecule has 0 heterocycles. The highest BCUT2D eigenvalue weighted by Gasteiger charge is 2.00. The van der Waals surface area contributed by atoms with Gasteiger partial charge in [0.2, 0.25) is 5.12 Å². The van der Waals surface area contributed by atoms with Gasteiger partial charge in [0.25, 0.3) is 0 Å². The lowest BCUT2D eigenvalue weighted by Gasteiger charge is -1.92. The second kappa shape index (κ2) is 4.04. The van der Waals surface area contributed by atoms with E-state index in [0.717, 1.165) is 0 Å². The molecule has 0 N–H and O–H groups in total. The van der Waals surface area contributed by atoms with E-state index < -0.39 is 0 Å². The van der Waals surface area contributed by atoms with Gasteiger partial charge >= 0.3 is 0 Å². The van der Waals surface area contributed by atoms with Crippen molar-refractivity contribution in [2.75, 3.05) is 12.5 Å². The summed E-state index contributed by atoms with van der Waals surface area (Å²) in [5.74, 6) is 0. The Balaban J connectivity index is 3.64. The predicted octanol–water partition coefficient (Wildman–Crippen LogP) is 1.75. The summed E-state index contributed by atoms with van der Waals surface area (Å²) in [6, 6.07) is 0. The molecule has 0 radical (unpaired) electrons. The van der Waals surface area contributed by atoms with Crippen molar-refractivity contribution in [2.45, 2.75) is 0 Å². The molecule has 1 nitrogen and oxygen atoms in total. The molecular formula is C5H8OS2. The molecule has 46 valence electrons. The summed E-state index contributed by atoms with van der Waals surface area (Å²) in [5.41, 5.74) is 0. The van der Waals surface area contributed by atoms with Gasteiger partial charge in [-0.15, -0.1) is 11.8 Å². The van der Waals surface area contributed by atoms with E-state index in [1.54, 1.807) is 6.26 Å². The number of carbonyl (C=O) groups excluding carboxylic acids is 1. The van der Waals surface area contributed by atoms with Crippen molar-refractivity contribution in [1.29, 1.82) is 0 Å². The Kier molecular flexibility index (Phi) is 4.09. The maximum Gasteiger partial charge on any atom is 0.224 e. The van der Waals surface area contributed by atoms with Crippen LogP contribution in [0.4, 0.5) is 0 Å². The molecule has 8 heavy (non-hydrogen) atoms. The summed E-state index contributed by atoms with van der Waals surface area (Å²) in [6.07, 6.45) is 3.60. The number of hydrogen-bond acceptors (Lipinski definition) is 3. The minimum atomic E-state index is 0.0671. The van der Waals surface area contributed by atoms with Crippen LogP contribution in [0.2, 0.25) is 0 Å². The molecule has 0 fully saturated rings. The Morgan fingerprint density at radius 2 is 1.88 bits per heavy atom. The molecule has 0 saturated carbocycles. The fourth-order valence-electron chi connectivity index (χ4n) is 0.197. The first-order chi connectivity index (χ1) is 3.72. The molecule has 0 unspecified atom stereocenters. The maximum atomic E-state index is 10.6. The van der Waals surface area contributed by atoms with Crippen molar-refractivity contribution in [3.8, 4) is 0 Å². The highest BCUT2D eigenvalue weighted by Crippen LogP contribution is 2.14. The summed E-state index contributed by atoms with van der Waals surface area (Å²) < 4.78 is 0. The van der Waals surface area contributed by atoms with Gasteiger partial charge in [0, 0.05) is 0 Å². The molecule has 3 heteroatoms. The van der Waals surface area contributed by atoms with Crippen molar-refractivity contribution >= 4 is 28.6 Å². The predicted molar refractivity (Wildman–Crippen MR) is 41.2 cm³/mol. The summed E-state index contributed by atoms with van der Waals surface area (Å²) in [6.45, 7) is 3.54. The zero-order valence-electron chi connectivity index (χ0n) is 4.93. The Bertz CT molecular complexity index is 95.0. The van der Waals surface area contributed by atoms with Gasteiger partial charge in [0.1, 0.15) is 0 Å². The smallest absolute Gasteiger partial charge is 0.224 e. The molecule has 0 spiro atoms. The van der Waals surface area contributed by atoms with E-state index in [4.69, 9.17) is 0 Å². The first-order valence-electron chi connectivity index (χ1n) is 2.03. The summed E-state index contributed by atoms with van der Waals surface area (Å²) >= 11 is 2.59. The maximum absolute atomic E-state index is 10.6. The van der Waals surface area contributed by atoms with E-state index in [9.17, 15) is 4.79 Å². The van der Waals surface area contributed by atoms with Gasteiger partial charge in [-0.2, -0.15) is 0 Å². The van der Waals surface area contributed by atoms with Gasteiger partial charge in [-0.25, -0.2) is 0 Å². The van der Waals surface area contributed by atoms with Crippen LogP contribution in [0.1, 0.15) is 0 Å². The van der Waals surface area contributed by atoms with E-state index >= 15 is 0 Å². The second-order valence-corrected chi connectivity index (χ2v) is 2.80. The largest absolute Gasteiger partial charge is 0.281 e. The number of rotatable bonds is 2. The third-order valence-corrected chi connectivity index (χ3v) is 2.08. The van der Waals surface area contributed by atoms with Crippen molar-refractivity contribution in [1.82, 2.24) is 0 Å². The Hall–Kier alpha value is 0.110. The van der Waals surface area contributed by atoms with Crippen LogP contribution in [0.5, 0.6) is 0 Å². The summed E-state index contributed by atoms with van der Waals surface area (Å²) in [7, 11) is 0. The molecule has 0 aromatic heterocycles. The van der Waals surface area contributed by atoms with Crippen LogP contribution < -0.4 is 0 Å². The summed E-state index contributed by atoms with van der Waals surface area (Å²) in [4.78, 5) is 11.2. The molecule has 0 amide bonds. The zero-order chi connectivity index (χ0) is 6.57. The molecule has 0 bridgehead atoms. The van der Waals surface area contributed by atoms with Gasteiger partial charge in [-0.3, -0.25) is 4.79 Å². The lowest BCUT2D eigenvalue weighted by molar-refractivity contribution is -0.107. The molecule has 0 atom stereocenters. The highest BCUT2D eigenvalue weighted by molar-refractivity contribution is 8.16. The average molecular weight is 148 g/mol. The molecule has 0 saturated heterocycles. The normalized spacial score (nSPS) is 8.75. The van der Waals surface area contributed by atoms with Crippen molar-refractivity contribution < 1.29 is 4.79 Å². The van der Waals surface area contributed by atoms with Crippen LogP contribution in [0.3, 0.4) is 0 Å². The van der Waals surface area contributed by atoms with E-state index in [1.807, 2.05) is 6.26 Å². The van der Waals surface area contributed by atoms with Gasteiger partial charge in [-0.05, 0) is 12.5 Å². The number of carbonyl (C=O) groups is 1. The lowest BCUT2D eigenvalue weighted by atomic mass is 10.7. The Morgan fingerprint density at radius 1 is 1.38 bits per heavy atom. The molecule has 0 rings (SSSR count).